The molecular weight excluding hydrogens is 437 g/mol. The van der Waals surface area contributed by atoms with Crippen LogP contribution in [0.25, 0.3) is 0 Å². The Kier molecular flexibility index (Phi) is 8.53. The zero-order valence-corrected chi connectivity index (χ0v) is 18.5. The van der Waals surface area contributed by atoms with Crippen LogP contribution in [0.4, 0.5) is 4.39 Å². The first kappa shape index (κ1) is 23.8. The summed E-state index contributed by atoms with van der Waals surface area (Å²) in [4.78, 5) is 0. The van der Waals surface area contributed by atoms with Gasteiger partial charge in [0, 0.05) is 22.1 Å². The Labute approximate surface area is 192 Å². The molecule has 0 saturated carbocycles. The molecule has 3 nitrogen and oxygen atoms in total. The van der Waals surface area contributed by atoms with Gasteiger partial charge in [-0.2, -0.15) is 0 Å². The lowest BCUT2D eigenvalue weighted by Gasteiger charge is -2.36. The van der Waals surface area contributed by atoms with Crippen molar-refractivity contribution in [2.75, 3.05) is 6.61 Å². The summed E-state index contributed by atoms with van der Waals surface area (Å²) in [5.41, 5.74) is 2.07. The van der Waals surface area contributed by atoms with Crippen LogP contribution in [-0.2, 0) is 10.1 Å². The summed E-state index contributed by atoms with van der Waals surface area (Å²) >= 11 is 12.7. The van der Waals surface area contributed by atoms with Gasteiger partial charge >= 0.3 is 7.32 Å². The zero-order chi connectivity index (χ0) is 22.3. The third-order valence-electron chi connectivity index (χ3n) is 5.42. The maximum atomic E-state index is 14.3. The lowest BCUT2D eigenvalue weighted by molar-refractivity contribution is 0.181. The molecule has 0 heterocycles. The Morgan fingerprint density at radius 1 is 0.774 bits per heavy atom. The minimum atomic E-state index is -1.76. The molecule has 0 saturated heterocycles. The van der Waals surface area contributed by atoms with Gasteiger partial charge in [0.25, 0.3) is 0 Å². The Balaban J connectivity index is 2.05. The van der Waals surface area contributed by atoms with Crippen molar-refractivity contribution in [3.8, 4) is 0 Å². The summed E-state index contributed by atoms with van der Waals surface area (Å²) in [5.74, 6) is -0.309. The van der Waals surface area contributed by atoms with Crippen molar-refractivity contribution >= 4 is 30.5 Å². The van der Waals surface area contributed by atoms with Crippen molar-refractivity contribution in [2.24, 2.45) is 0 Å². The van der Waals surface area contributed by atoms with Crippen molar-refractivity contribution in [3.63, 3.8) is 0 Å². The molecule has 0 atom stereocenters. The normalized spacial score (nSPS) is 11.5. The van der Waals surface area contributed by atoms with E-state index in [2.05, 4.69) is 0 Å². The van der Waals surface area contributed by atoms with Crippen LogP contribution in [0.5, 0.6) is 0 Å². The Hall–Kier alpha value is -1.89. The van der Waals surface area contributed by atoms with Gasteiger partial charge < -0.3 is 14.7 Å². The molecule has 0 bridgehead atoms. The number of halogens is 3. The topological polar surface area (TPSA) is 49.7 Å². The molecule has 2 N–H and O–H groups in total. The van der Waals surface area contributed by atoms with E-state index in [9.17, 15) is 4.39 Å². The van der Waals surface area contributed by atoms with Crippen LogP contribution >= 0.6 is 23.2 Å². The van der Waals surface area contributed by atoms with E-state index in [0.29, 0.717) is 22.9 Å². The molecule has 0 fully saturated rings. The molecular formula is C24H24BCl2FO3. The number of benzene rings is 3. The number of rotatable bonds is 10. The lowest BCUT2D eigenvalue weighted by Crippen LogP contribution is -2.30. The minimum absolute atomic E-state index is 0.249. The predicted octanol–water partition coefficient (Wildman–Crippen LogP) is 6.01. The van der Waals surface area contributed by atoms with E-state index in [1.54, 1.807) is 12.1 Å². The van der Waals surface area contributed by atoms with Crippen LogP contribution in [0.2, 0.25) is 10.0 Å². The molecule has 31 heavy (non-hydrogen) atoms. The first-order chi connectivity index (χ1) is 14.9. The van der Waals surface area contributed by atoms with E-state index in [4.69, 9.17) is 37.9 Å². The van der Waals surface area contributed by atoms with Gasteiger partial charge in [0.05, 0.1) is 0 Å². The summed E-state index contributed by atoms with van der Waals surface area (Å²) < 4.78 is 19.1. The third-order valence-corrected chi connectivity index (χ3v) is 5.89. The number of unbranched alkanes of at least 4 members (excludes halogenated alkanes) is 2. The Morgan fingerprint density at radius 3 is 1.84 bits per heavy atom. The average molecular weight is 461 g/mol. The van der Waals surface area contributed by atoms with E-state index in [-0.39, 0.29) is 12.4 Å². The van der Waals surface area contributed by atoms with Crippen molar-refractivity contribution in [1.82, 2.24) is 0 Å². The highest BCUT2D eigenvalue weighted by molar-refractivity contribution is 6.32. The standard InChI is InChI=1S/C24H24BCl2FO3/c26-21-10-4-7-18(15-21)24(19-8-5-11-22(27)16-19,20-9-6-12-23(28)17-20)13-2-1-3-14-31-25(29)30/h4-12,15-17,29-30H,1-3,13-14H2. The molecule has 0 aromatic heterocycles. The van der Waals surface area contributed by atoms with Gasteiger partial charge in [-0.1, -0.05) is 72.4 Å². The Bertz CT molecular complexity index is 889. The van der Waals surface area contributed by atoms with Crippen molar-refractivity contribution in [3.05, 3.63) is 105 Å². The van der Waals surface area contributed by atoms with Gasteiger partial charge in [-0.15, -0.1) is 0 Å². The summed E-state index contributed by atoms with van der Waals surface area (Å²) in [7, 11) is -1.76. The van der Waals surface area contributed by atoms with Crippen LogP contribution in [0.3, 0.4) is 0 Å². The summed E-state index contributed by atoms with van der Waals surface area (Å²) in [6, 6.07) is 21.9. The maximum Gasteiger partial charge on any atom is 0.633 e. The highest BCUT2D eigenvalue weighted by Crippen LogP contribution is 2.45. The van der Waals surface area contributed by atoms with Crippen LogP contribution in [0.15, 0.2) is 72.8 Å². The largest absolute Gasteiger partial charge is 0.633 e. The van der Waals surface area contributed by atoms with Gasteiger partial charge in [0.1, 0.15) is 5.82 Å². The van der Waals surface area contributed by atoms with Crippen LogP contribution < -0.4 is 0 Å². The first-order valence-electron chi connectivity index (χ1n) is 10.2. The van der Waals surface area contributed by atoms with E-state index in [1.807, 2.05) is 54.6 Å². The van der Waals surface area contributed by atoms with Gasteiger partial charge in [-0.3, -0.25) is 0 Å². The lowest BCUT2D eigenvalue weighted by atomic mass is 9.66. The molecule has 0 aliphatic carbocycles. The fourth-order valence-electron chi connectivity index (χ4n) is 4.05. The van der Waals surface area contributed by atoms with Gasteiger partial charge in [0.2, 0.25) is 0 Å². The first-order valence-corrected chi connectivity index (χ1v) is 10.9. The second-order valence-electron chi connectivity index (χ2n) is 7.44. The highest BCUT2D eigenvalue weighted by Gasteiger charge is 2.36. The van der Waals surface area contributed by atoms with Gasteiger partial charge in [-0.05, 0) is 65.9 Å². The van der Waals surface area contributed by atoms with Crippen LogP contribution in [0.1, 0.15) is 42.4 Å². The fourth-order valence-corrected chi connectivity index (χ4v) is 4.43. The summed E-state index contributed by atoms with van der Waals surface area (Å²) in [6.07, 6.45) is 2.94. The molecule has 0 aliphatic rings. The second kappa shape index (κ2) is 11.1. The summed E-state index contributed by atoms with van der Waals surface area (Å²) in [6.45, 7) is 0.249. The molecule has 3 aromatic rings. The third kappa shape index (κ3) is 6.09. The van der Waals surface area contributed by atoms with Crippen molar-refractivity contribution in [2.45, 2.75) is 31.1 Å². The van der Waals surface area contributed by atoms with Gasteiger partial charge in [-0.25, -0.2) is 4.39 Å². The van der Waals surface area contributed by atoms with E-state index >= 15 is 0 Å². The van der Waals surface area contributed by atoms with Crippen molar-refractivity contribution in [1.29, 1.82) is 0 Å². The van der Waals surface area contributed by atoms with Crippen molar-refractivity contribution < 1.29 is 19.1 Å². The molecule has 162 valence electrons. The van der Waals surface area contributed by atoms with E-state index in [0.717, 1.165) is 29.5 Å². The molecule has 0 amide bonds. The van der Waals surface area contributed by atoms with Crippen LogP contribution in [0, 0.1) is 5.82 Å². The number of hydrogen-bond acceptors (Lipinski definition) is 3. The SMILES string of the molecule is OB(O)OCCCCCC(c1cccc(F)c1)(c1cccc(Cl)c1)c1cccc(Cl)c1. The molecule has 7 heteroatoms. The molecule has 0 aliphatic heterocycles. The van der Waals surface area contributed by atoms with Crippen LogP contribution in [-0.4, -0.2) is 24.0 Å². The van der Waals surface area contributed by atoms with E-state index < -0.39 is 12.7 Å². The zero-order valence-electron chi connectivity index (χ0n) is 17.0. The molecule has 0 spiro atoms. The fraction of sp³-hybridized carbons (Fsp3) is 0.250. The summed E-state index contributed by atoms with van der Waals surface area (Å²) in [5, 5.41) is 18.9. The molecule has 0 radical (unpaired) electrons. The monoisotopic (exact) mass is 460 g/mol. The average Bonchev–Trinajstić information content (AvgIpc) is 2.73. The van der Waals surface area contributed by atoms with E-state index in [1.165, 1.54) is 6.07 Å². The maximum absolute atomic E-state index is 14.3. The Morgan fingerprint density at radius 2 is 1.32 bits per heavy atom. The van der Waals surface area contributed by atoms with Gasteiger partial charge in [0.15, 0.2) is 0 Å². The smallest absolute Gasteiger partial charge is 0.402 e. The minimum Gasteiger partial charge on any atom is -0.402 e. The number of hydrogen-bond donors (Lipinski definition) is 2. The quantitative estimate of drug-likeness (QED) is 0.221. The molecule has 3 rings (SSSR count). The molecule has 3 aromatic carbocycles. The highest BCUT2D eigenvalue weighted by atomic mass is 35.5. The molecule has 0 unspecified atom stereocenters. The predicted molar refractivity (Wildman–Crippen MR) is 124 cm³/mol. The second-order valence-corrected chi connectivity index (χ2v) is 8.32.